The number of pyridine rings is 2. The highest BCUT2D eigenvalue weighted by molar-refractivity contribution is 6.02. The number of amides is 1. The monoisotopic (exact) mass is 420 g/mol. The highest BCUT2D eigenvalue weighted by Gasteiger charge is 2.13. The first-order valence-electron chi connectivity index (χ1n) is 9.15. The van der Waals surface area contributed by atoms with Crippen molar-refractivity contribution >= 4 is 22.8 Å². The molecule has 0 aliphatic carbocycles. The van der Waals surface area contributed by atoms with Gasteiger partial charge in [0, 0.05) is 28.9 Å². The number of carbonyl (C=O) groups is 1. The number of anilines is 1. The first-order chi connectivity index (χ1) is 15.1. The maximum Gasteiger partial charge on any atom is 0.333 e. The average Bonchev–Trinajstić information content (AvgIpc) is 3.53. The molecule has 3 N–H and O–H groups in total. The number of fused-ring (bicyclic) bond motifs is 1. The molecule has 0 radical (unpaired) electrons. The number of rotatable bonds is 5. The smallest absolute Gasteiger partial charge is 0.333 e. The molecule has 9 nitrogen and oxygen atoms in total. The number of carbonyl (C=O) groups excluding carboxylic acids is 1. The molecule has 0 saturated heterocycles. The Kier molecular flexibility index (Phi) is 4.47. The summed E-state index contributed by atoms with van der Waals surface area (Å²) in [7, 11) is 0. The molecule has 11 heteroatoms. The normalized spacial score (nSPS) is 11.3. The predicted octanol–water partition coefficient (Wildman–Crippen LogP) is 3.86. The van der Waals surface area contributed by atoms with Crippen molar-refractivity contribution in [2.45, 2.75) is 6.55 Å². The minimum absolute atomic E-state index is 0.237. The SMILES string of the molecule is O=C(Nc1cnc[nH]1)c1cccc(-c2cnc3[nH]c(-c4cnn(C(F)F)c4)cc3c2)n1. The molecule has 0 unspecified atom stereocenters. The van der Waals surface area contributed by atoms with Crippen LogP contribution in [0.5, 0.6) is 0 Å². The zero-order valence-corrected chi connectivity index (χ0v) is 15.8. The van der Waals surface area contributed by atoms with Gasteiger partial charge >= 0.3 is 6.55 Å². The summed E-state index contributed by atoms with van der Waals surface area (Å²) in [5, 5.41) is 7.10. The lowest BCUT2D eigenvalue weighted by atomic mass is 10.1. The molecule has 5 aromatic rings. The predicted molar refractivity (Wildman–Crippen MR) is 108 cm³/mol. The molecule has 0 fully saturated rings. The second-order valence-corrected chi connectivity index (χ2v) is 6.66. The van der Waals surface area contributed by atoms with Gasteiger partial charge in [0.25, 0.3) is 5.91 Å². The van der Waals surface area contributed by atoms with Crippen molar-refractivity contribution in [1.82, 2.24) is 34.7 Å². The summed E-state index contributed by atoms with van der Waals surface area (Å²) >= 11 is 0. The number of alkyl halides is 2. The first kappa shape index (κ1) is 18.6. The van der Waals surface area contributed by atoms with E-state index < -0.39 is 6.55 Å². The third kappa shape index (κ3) is 3.64. The van der Waals surface area contributed by atoms with Crippen molar-refractivity contribution in [2.75, 3.05) is 5.32 Å². The Hall–Kier alpha value is -4.41. The summed E-state index contributed by atoms with van der Waals surface area (Å²) in [6, 6.07) is 8.77. The van der Waals surface area contributed by atoms with Gasteiger partial charge in [0.1, 0.15) is 17.2 Å². The molecule has 5 heterocycles. The van der Waals surface area contributed by atoms with Gasteiger partial charge in [-0.3, -0.25) is 4.79 Å². The van der Waals surface area contributed by atoms with Gasteiger partial charge in [0.05, 0.1) is 30.1 Å². The zero-order valence-electron chi connectivity index (χ0n) is 15.8. The zero-order chi connectivity index (χ0) is 21.4. The van der Waals surface area contributed by atoms with Crippen LogP contribution in [0.15, 0.2) is 61.4 Å². The Morgan fingerprint density at radius 2 is 2.03 bits per heavy atom. The van der Waals surface area contributed by atoms with E-state index in [4.69, 9.17) is 0 Å². The summed E-state index contributed by atoms with van der Waals surface area (Å²) in [5.41, 5.74) is 3.25. The average molecular weight is 420 g/mol. The molecule has 0 saturated carbocycles. The van der Waals surface area contributed by atoms with Crippen molar-refractivity contribution in [3.05, 3.63) is 67.1 Å². The van der Waals surface area contributed by atoms with E-state index in [2.05, 4.69) is 35.3 Å². The number of aromatic nitrogens is 7. The fourth-order valence-corrected chi connectivity index (χ4v) is 3.13. The Morgan fingerprint density at radius 3 is 2.81 bits per heavy atom. The molecular formula is C20H14F2N8O. The largest absolute Gasteiger partial charge is 0.339 e. The number of imidazole rings is 1. The highest BCUT2D eigenvalue weighted by atomic mass is 19.3. The number of H-pyrrole nitrogens is 2. The summed E-state index contributed by atoms with van der Waals surface area (Å²) in [6.45, 7) is -2.70. The highest BCUT2D eigenvalue weighted by Crippen LogP contribution is 2.27. The number of aromatic amines is 2. The molecule has 5 aromatic heterocycles. The third-order valence-electron chi connectivity index (χ3n) is 4.61. The number of hydrogen-bond donors (Lipinski definition) is 3. The molecule has 31 heavy (non-hydrogen) atoms. The fourth-order valence-electron chi connectivity index (χ4n) is 3.13. The van der Waals surface area contributed by atoms with Crippen LogP contribution in [-0.2, 0) is 0 Å². The van der Waals surface area contributed by atoms with Crippen molar-refractivity contribution in [1.29, 1.82) is 0 Å². The molecule has 1 amide bonds. The maximum atomic E-state index is 12.8. The van der Waals surface area contributed by atoms with E-state index in [0.717, 1.165) is 5.39 Å². The number of nitrogens with one attached hydrogen (secondary N) is 3. The molecule has 5 rings (SSSR count). The van der Waals surface area contributed by atoms with Gasteiger partial charge in [-0.05, 0) is 24.3 Å². The van der Waals surface area contributed by atoms with E-state index in [1.165, 1.54) is 24.9 Å². The van der Waals surface area contributed by atoms with Crippen LogP contribution in [-0.4, -0.2) is 40.6 Å². The van der Waals surface area contributed by atoms with Crippen LogP contribution >= 0.6 is 0 Å². The molecule has 0 spiro atoms. The van der Waals surface area contributed by atoms with Crippen molar-refractivity contribution in [3.8, 4) is 22.5 Å². The van der Waals surface area contributed by atoms with Gasteiger partial charge in [-0.1, -0.05) is 6.07 Å². The summed E-state index contributed by atoms with van der Waals surface area (Å²) in [6.07, 6.45) is 7.21. The van der Waals surface area contributed by atoms with Gasteiger partial charge in [-0.25, -0.2) is 19.6 Å². The molecule has 0 atom stereocenters. The molecule has 0 aliphatic rings. The molecule has 0 bridgehead atoms. The second-order valence-electron chi connectivity index (χ2n) is 6.66. The lowest BCUT2D eigenvalue weighted by Crippen LogP contribution is -2.14. The van der Waals surface area contributed by atoms with Crippen LogP contribution in [0.25, 0.3) is 33.5 Å². The van der Waals surface area contributed by atoms with Gasteiger partial charge in [-0.2, -0.15) is 13.9 Å². The van der Waals surface area contributed by atoms with Crippen LogP contribution in [0.1, 0.15) is 17.0 Å². The Bertz CT molecular complexity index is 1370. The summed E-state index contributed by atoms with van der Waals surface area (Å²) in [4.78, 5) is 31.0. The summed E-state index contributed by atoms with van der Waals surface area (Å²) < 4.78 is 26.1. The van der Waals surface area contributed by atoms with E-state index in [-0.39, 0.29) is 11.6 Å². The molecule has 154 valence electrons. The van der Waals surface area contributed by atoms with Gasteiger partial charge in [0.2, 0.25) is 0 Å². The van der Waals surface area contributed by atoms with E-state index in [1.54, 1.807) is 30.5 Å². The Balaban J connectivity index is 1.44. The van der Waals surface area contributed by atoms with Gasteiger partial charge in [0.15, 0.2) is 0 Å². The maximum absolute atomic E-state index is 12.8. The second kappa shape index (κ2) is 7.44. The van der Waals surface area contributed by atoms with E-state index in [1.807, 2.05) is 6.07 Å². The van der Waals surface area contributed by atoms with Crippen LogP contribution in [0, 0.1) is 0 Å². The standard InChI is InChI=1S/C20H14F2N8O/c21-20(22)30-9-13(7-26-30)16-5-11-4-12(6-24-18(11)28-16)14-2-1-3-15(27-14)19(31)29-17-8-23-10-25-17/h1-10,20H,(H,23,25)(H,24,28)(H,29,31). The molecule has 0 aliphatic heterocycles. The minimum atomic E-state index is -2.70. The quantitative estimate of drug-likeness (QED) is 0.399. The summed E-state index contributed by atoms with van der Waals surface area (Å²) in [5.74, 6) is 0.0930. The lowest BCUT2D eigenvalue weighted by molar-refractivity contribution is 0.0566. The van der Waals surface area contributed by atoms with Crippen LogP contribution in [0.4, 0.5) is 14.6 Å². The van der Waals surface area contributed by atoms with Crippen LogP contribution in [0.2, 0.25) is 0 Å². The van der Waals surface area contributed by atoms with Gasteiger partial charge in [-0.15, -0.1) is 0 Å². The van der Waals surface area contributed by atoms with Crippen molar-refractivity contribution < 1.29 is 13.6 Å². The van der Waals surface area contributed by atoms with Crippen LogP contribution in [0.3, 0.4) is 0 Å². The lowest BCUT2D eigenvalue weighted by Gasteiger charge is -2.05. The third-order valence-corrected chi connectivity index (χ3v) is 4.61. The first-order valence-corrected chi connectivity index (χ1v) is 9.15. The number of hydrogen-bond acceptors (Lipinski definition) is 5. The van der Waals surface area contributed by atoms with E-state index >= 15 is 0 Å². The van der Waals surface area contributed by atoms with Crippen LogP contribution < -0.4 is 5.32 Å². The fraction of sp³-hybridized carbons (Fsp3) is 0.0500. The number of halogens is 2. The topological polar surface area (TPSA) is 117 Å². The van der Waals surface area contributed by atoms with Gasteiger partial charge < -0.3 is 15.3 Å². The minimum Gasteiger partial charge on any atom is -0.339 e. The van der Waals surface area contributed by atoms with E-state index in [9.17, 15) is 13.6 Å². The van der Waals surface area contributed by atoms with E-state index in [0.29, 0.717) is 38.7 Å². The molecular weight excluding hydrogens is 406 g/mol. The van der Waals surface area contributed by atoms with Crippen molar-refractivity contribution in [3.63, 3.8) is 0 Å². The van der Waals surface area contributed by atoms with Crippen molar-refractivity contribution in [2.24, 2.45) is 0 Å². The molecule has 0 aromatic carbocycles. The number of nitrogens with zero attached hydrogens (tertiary/aromatic N) is 5. The Labute approximate surface area is 173 Å². The Morgan fingerprint density at radius 1 is 1.13 bits per heavy atom.